The Labute approximate surface area is 78.1 Å². The third-order valence-electron chi connectivity index (χ3n) is 1.48. The van der Waals surface area contributed by atoms with Crippen LogP contribution in [-0.2, 0) is 0 Å². The van der Waals surface area contributed by atoms with Crippen LogP contribution in [0.2, 0.25) is 0 Å². The second-order valence-corrected chi connectivity index (χ2v) is 3.70. The van der Waals surface area contributed by atoms with Gasteiger partial charge in [-0.2, -0.15) is 13.2 Å². The van der Waals surface area contributed by atoms with Crippen LogP contribution in [0.5, 0.6) is 0 Å². The smallest absolute Gasteiger partial charge is 0.398 e. The maximum absolute atomic E-state index is 11.9. The van der Waals surface area contributed by atoms with Gasteiger partial charge < -0.3 is 5.73 Å². The van der Waals surface area contributed by atoms with E-state index in [9.17, 15) is 13.2 Å². The van der Waals surface area contributed by atoms with Crippen LogP contribution < -0.4 is 5.73 Å². The van der Waals surface area contributed by atoms with Crippen molar-refractivity contribution in [3.63, 3.8) is 0 Å². The van der Waals surface area contributed by atoms with Gasteiger partial charge in [0, 0.05) is 10.6 Å². The van der Waals surface area contributed by atoms with Crippen LogP contribution in [0.15, 0.2) is 23.1 Å². The molecular weight excluding hydrogens is 199 g/mol. The lowest BCUT2D eigenvalue weighted by atomic mass is 10.2. The molecule has 1 rings (SSSR count). The highest BCUT2D eigenvalue weighted by Crippen LogP contribution is 2.37. The molecule has 72 valence electrons. The number of hydrogen-bond donors (Lipinski definition) is 1. The van der Waals surface area contributed by atoms with E-state index in [1.165, 1.54) is 12.1 Å². The molecule has 2 N–H and O–H groups in total. The van der Waals surface area contributed by atoms with Gasteiger partial charge in [-0.25, -0.2) is 0 Å². The minimum atomic E-state index is -4.25. The molecule has 1 aromatic carbocycles. The number of aryl methyl sites for hydroxylation is 1. The highest BCUT2D eigenvalue weighted by atomic mass is 32.2. The van der Waals surface area contributed by atoms with Crippen LogP contribution >= 0.6 is 11.8 Å². The molecule has 13 heavy (non-hydrogen) atoms. The summed E-state index contributed by atoms with van der Waals surface area (Å²) in [4.78, 5) is 0.121. The number of hydrogen-bond acceptors (Lipinski definition) is 2. The van der Waals surface area contributed by atoms with Gasteiger partial charge in [-0.3, -0.25) is 0 Å². The third kappa shape index (κ3) is 3.18. The first-order chi connectivity index (χ1) is 5.88. The average Bonchev–Trinajstić information content (AvgIpc) is 1.94. The molecule has 0 unspecified atom stereocenters. The quantitative estimate of drug-likeness (QED) is 0.565. The molecular formula is C8H8F3NS. The maximum atomic E-state index is 11.9. The van der Waals surface area contributed by atoms with E-state index in [4.69, 9.17) is 5.73 Å². The van der Waals surface area contributed by atoms with Crippen molar-refractivity contribution in [2.24, 2.45) is 0 Å². The fourth-order valence-electron chi connectivity index (χ4n) is 0.816. The van der Waals surface area contributed by atoms with Gasteiger partial charge in [0.1, 0.15) is 0 Å². The van der Waals surface area contributed by atoms with Crippen LogP contribution in [0.3, 0.4) is 0 Å². The summed E-state index contributed by atoms with van der Waals surface area (Å²) in [6.07, 6.45) is 0. The lowest BCUT2D eigenvalue weighted by Crippen LogP contribution is -1.99. The molecule has 1 aromatic rings. The van der Waals surface area contributed by atoms with Crippen molar-refractivity contribution in [2.75, 3.05) is 5.73 Å². The monoisotopic (exact) mass is 207 g/mol. The second-order valence-electron chi connectivity index (χ2n) is 2.57. The molecule has 0 aromatic heterocycles. The number of anilines is 1. The molecule has 0 amide bonds. The zero-order valence-corrected chi connectivity index (χ0v) is 7.67. The van der Waals surface area contributed by atoms with Crippen LogP contribution in [-0.4, -0.2) is 5.51 Å². The normalized spacial score (nSPS) is 11.7. The van der Waals surface area contributed by atoms with Crippen LogP contribution in [0, 0.1) is 6.92 Å². The van der Waals surface area contributed by atoms with Crippen molar-refractivity contribution in [1.29, 1.82) is 0 Å². The Kier molecular flexibility index (Phi) is 2.75. The van der Waals surface area contributed by atoms with Gasteiger partial charge in [-0.05, 0) is 36.4 Å². The first-order valence-corrected chi connectivity index (χ1v) is 4.32. The Morgan fingerprint density at radius 3 is 2.38 bits per heavy atom. The van der Waals surface area contributed by atoms with Gasteiger partial charge in [-0.1, -0.05) is 6.07 Å². The molecule has 0 atom stereocenters. The SMILES string of the molecule is Cc1ccc(SC(F)(F)F)cc1N. The van der Waals surface area contributed by atoms with Crippen molar-refractivity contribution < 1.29 is 13.2 Å². The van der Waals surface area contributed by atoms with Crippen molar-refractivity contribution in [2.45, 2.75) is 17.3 Å². The van der Waals surface area contributed by atoms with Gasteiger partial charge in [0.2, 0.25) is 0 Å². The molecule has 0 radical (unpaired) electrons. The third-order valence-corrected chi connectivity index (χ3v) is 2.21. The van der Waals surface area contributed by atoms with E-state index in [1.807, 2.05) is 0 Å². The Morgan fingerprint density at radius 1 is 1.31 bits per heavy atom. The Morgan fingerprint density at radius 2 is 1.92 bits per heavy atom. The summed E-state index contributed by atoms with van der Waals surface area (Å²) in [5, 5.41) is 0. The molecule has 0 heterocycles. The first kappa shape index (κ1) is 10.2. The maximum Gasteiger partial charge on any atom is 0.446 e. The van der Waals surface area contributed by atoms with Gasteiger partial charge in [-0.15, -0.1) is 0 Å². The topological polar surface area (TPSA) is 26.0 Å². The fraction of sp³-hybridized carbons (Fsp3) is 0.250. The summed E-state index contributed by atoms with van der Waals surface area (Å²) in [5.74, 6) is 0. The molecule has 0 bridgehead atoms. The standard InChI is InChI=1S/C8H8F3NS/c1-5-2-3-6(4-7(5)12)13-8(9,10)11/h2-4H,12H2,1H3. The number of rotatable bonds is 1. The molecule has 0 spiro atoms. The molecule has 0 fully saturated rings. The molecule has 0 aliphatic heterocycles. The van der Waals surface area contributed by atoms with E-state index in [2.05, 4.69) is 0 Å². The lowest BCUT2D eigenvalue weighted by molar-refractivity contribution is -0.0328. The van der Waals surface area contributed by atoms with E-state index in [-0.39, 0.29) is 16.7 Å². The number of thioether (sulfide) groups is 1. The van der Waals surface area contributed by atoms with Crippen molar-refractivity contribution >= 4 is 17.4 Å². The van der Waals surface area contributed by atoms with Crippen LogP contribution in [0.4, 0.5) is 18.9 Å². The van der Waals surface area contributed by atoms with Crippen molar-refractivity contribution in [3.8, 4) is 0 Å². The number of halogens is 3. The molecule has 0 aliphatic carbocycles. The predicted octanol–water partition coefficient (Wildman–Crippen LogP) is 3.19. The summed E-state index contributed by atoms with van der Waals surface area (Å²) >= 11 is -0.156. The van der Waals surface area contributed by atoms with Gasteiger partial charge >= 0.3 is 5.51 Å². The Balaban J connectivity index is 2.86. The van der Waals surface area contributed by atoms with E-state index in [0.717, 1.165) is 5.56 Å². The first-order valence-electron chi connectivity index (χ1n) is 3.50. The average molecular weight is 207 g/mol. The number of benzene rings is 1. The van der Waals surface area contributed by atoms with Crippen molar-refractivity contribution in [1.82, 2.24) is 0 Å². The summed E-state index contributed by atoms with van der Waals surface area (Å²) in [7, 11) is 0. The molecule has 0 aliphatic rings. The second kappa shape index (κ2) is 3.49. The summed E-state index contributed by atoms with van der Waals surface area (Å²) < 4.78 is 35.7. The van der Waals surface area contributed by atoms with Gasteiger partial charge in [0.05, 0.1) is 0 Å². The molecule has 1 nitrogen and oxygen atoms in total. The number of alkyl halides is 3. The Bertz CT molecular complexity index is 309. The van der Waals surface area contributed by atoms with Crippen LogP contribution in [0.1, 0.15) is 5.56 Å². The Hall–Kier alpha value is -0.840. The zero-order valence-electron chi connectivity index (χ0n) is 6.85. The van der Waals surface area contributed by atoms with E-state index in [1.54, 1.807) is 13.0 Å². The van der Waals surface area contributed by atoms with E-state index >= 15 is 0 Å². The highest BCUT2D eigenvalue weighted by Gasteiger charge is 2.29. The highest BCUT2D eigenvalue weighted by molar-refractivity contribution is 8.00. The lowest BCUT2D eigenvalue weighted by Gasteiger charge is -2.06. The van der Waals surface area contributed by atoms with Crippen LogP contribution in [0.25, 0.3) is 0 Å². The van der Waals surface area contributed by atoms with E-state index in [0.29, 0.717) is 5.69 Å². The van der Waals surface area contributed by atoms with Crippen molar-refractivity contribution in [3.05, 3.63) is 23.8 Å². The fourth-order valence-corrected chi connectivity index (χ4v) is 1.40. The summed E-state index contributed by atoms with van der Waals surface area (Å²) in [6.45, 7) is 1.75. The van der Waals surface area contributed by atoms with Gasteiger partial charge in [0.25, 0.3) is 0 Å². The summed E-state index contributed by atoms with van der Waals surface area (Å²) in [6, 6.07) is 4.31. The molecule has 0 saturated carbocycles. The largest absolute Gasteiger partial charge is 0.446 e. The van der Waals surface area contributed by atoms with E-state index < -0.39 is 5.51 Å². The zero-order chi connectivity index (χ0) is 10.1. The van der Waals surface area contributed by atoms with Gasteiger partial charge in [0.15, 0.2) is 0 Å². The number of nitrogens with two attached hydrogens (primary N) is 1. The minimum Gasteiger partial charge on any atom is -0.398 e. The molecule has 5 heteroatoms. The molecule has 0 saturated heterocycles. The minimum absolute atomic E-state index is 0.121. The number of nitrogen functional groups attached to an aromatic ring is 1. The predicted molar refractivity (Wildman–Crippen MR) is 47.5 cm³/mol. The summed E-state index contributed by atoms with van der Waals surface area (Å²) in [5.41, 5.74) is 2.38.